The Hall–Kier alpha value is -0.650. The third-order valence-corrected chi connectivity index (χ3v) is 3.79. The summed E-state index contributed by atoms with van der Waals surface area (Å²) < 4.78 is 0. The van der Waals surface area contributed by atoms with E-state index in [1.54, 1.807) is 0 Å². The lowest BCUT2D eigenvalue weighted by molar-refractivity contribution is -0.137. The summed E-state index contributed by atoms with van der Waals surface area (Å²) in [4.78, 5) is 14.1. The van der Waals surface area contributed by atoms with Gasteiger partial charge in [0.15, 0.2) is 0 Å². The van der Waals surface area contributed by atoms with E-state index < -0.39 is 5.60 Å². The van der Waals surface area contributed by atoms with E-state index in [4.69, 9.17) is 0 Å². The minimum Gasteiger partial charge on any atom is -0.390 e. The van der Waals surface area contributed by atoms with Crippen LogP contribution in [0.25, 0.3) is 0 Å². The molecule has 2 unspecified atom stereocenters. The molecule has 0 aromatic rings. The molecule has 5 nitrogen and oxygen atoms in total. The lowest BCUT2D eigenvalue weighted by atomic mass is 9.93. The Labute approximate surface area is 103 Å². The zero-order chi connectivity index (χ0) is 12.5. The van der Waals surface area contributed by atoms with Gasteiger partial charge in [-0.1, -0.05) is 0 Å². The molecule has 0 aromatic carbocycles. The zero-order valence-electron chi connectivity index (χ0n) is 10.7. The number of rotatable bonds is 1. The molecule has 3 N–H and O–H groups in total. The first-order valence-electron chi connectivity index (χ1n) is 6.46. The molecule has 17 heavy (non-hydrogen) atoms. The highest BCUT2D eigenvalue weighted by molar-refractivity contribution is 5.82. The van der Waals surface area contributed by atoms with E-state index in [0.29, 0.717) is 38.5 Å². The fourth-order valence-corrected chi connectivity index (χ4v) is 2.39. The number of piperidine rings is 1. The maximum absolute atomic E-state index is 12.2. The quantitative estimate of drug-likeness (QED) is 0.568. The summed E-state index contributed by atoms with van der Waals surface area (Å²) in [6, 6.07) is 0.329. The topological polar surface area (TPSA) is 64.6 Å². The number of carbonyl (C=O) groups is 1. The number of carbonyl (C=O) groups excluding carboxylic acids is 1. The molecule has 0 bridgehead atoms. The first kappa shape index (κ1) is 12.8. The number of hydrogen-bond donors (Lipinski definition) is 3. The standard InChI is InChI=1S/C12H23N3O2/c1-9-7-14-10(8-13-9)11(16)15-5-3-12(2,17)4-6-15/h9-10,13-14,17H,3-8H2,1-2H3. The molecule has 2 aliphatic heterocycles. The summed E-state index contributed by atoms with van der Waals surface area (Å²) >= 11 is 0. The van der Waals surface area contributed by atoms with Gasteiger partial charge in [-0.25, -0.2) is 0 Å². The van der Waals surface area contributed by atoms with Crippen LogP contribution in [-0.4, -0.2) is 59.8 Å². The van der Waals surface area contributed by atoms with E-state index in [0.717, 1.165) is 6.54 Å². The largest absolute Gasteiger partial charge is 0.390 e. The van der Waals surface area contributed by atoms with E-state index in [9.17, 15) is 9.90 Å². The molecule has 98 valence electrons. The predicted octanol–water partition coefficient (Wildman–Crippen LogP) is -0.690. The molecule has 2 saturated heterocycles. The second-order valence-corrected chi connectivity index (χ2v) is 5.59. The number of nitrogens with zero attached hydrogens (tertiary/aromatic N) is 1. The van der Waals surface area contributed by atoms with Crippen LogP contribution >= 0.6 is 0 Å². The molecule has 2 fully saturated rings. The summed E-state index contributed by atoms with van der Waals surface area (Å²) in [5, 5.41) is 16.4. The van der Waals surface area contributed by atoms with Crippen LogP contribution < -0.4 is 10.6 Å². The fraction of sp³-hybridized carbons (Fsp3) is 0.917. The van der Waals surface area contributed by atoms with Crippen molar-refractivity contribution in [2.45, 2.75) is 44.4 Å². The maximum Gasteiger partial charge on any atom is 0.241 e. The third-order valence-electron chi connectivity index (χ3n) is 3.79. The minimum absolute atomic E-state index is 0.103. The summed E-state index contributed by atoms with van der Waals surface area (Å²) in [5.74, 6) is 0.167. The van der Waals surface area contributed by atoms with E-state index in [1.807, 2.05) is 11.8 Å². The van der Waals surface area contributed by atoms with Crippen LogP contribution in [0.4, 0.5) is 0 Å². The van der Waals surface area contributed by atoms with Crippen molar-refractivity contribution in [2.24, 2.45) is 0 Å². The smallest absolute Gasteiger partial charge is 0.241 e. The summed E-state index contributed by atoms with van der Waals surface area (Å²) in [7, 11) is 0. The van der Waals surface area contributed by atoms with Crippen LogP contribution in [0.15, 0.2) is 0 Å². The van der Waals surface area contributed by atoms with Crippen LogP contribution in [0, 0.1) is 0 Å². The number of piperazine rings is 1. The monoisotopic (exact) mass is 241 g/mol. The molecular weight excluding hydrogens is 218 g/mol. The van der Waals surface area contributed by atoms with Gasteiger partial charge in [0.05, 0.1) is 11.6 Å². The number of likely N-dealkylation sites (tertiary alicyclic amines) is 1. The average molecular weight is 241 g/mol. The van der Waals surface area contributed by atoms with Crippen molar-refractivity contribution in [3.8, 4) is 0 Å². The van der Waals surface area contributed by atoms with Crippen molar-refractivity contribution >= 4 is 5.91 Å². The molecule has 2 heterocycles. The SMILES string of the molecule is CC1CNC(C(=O)N2CCC(C)(O)CC2)CN1. The van der Waals surface area contributed by atoms with Crippen LogP contribution in [0.1, 0.15) is 26.7 Å². The molecule has 2 aliphatic rings. The van der Waals surface area contributed by atoms with E-state index in [2.05, 4.69) is 17.6 Å². The Morgan fingerprint density at radius 2 is 1.94 bits per heavy atom. The van der Waals surface area contributed by atoms with E-state index >= 15 is 0 Å². The lowest BCUT2D eigenvalue weighted by Crippen LogP contribution is -2.60. The van der Waals surface area contributed by atoms with Gasteiger partial charge in [-0.05, 0) is 26.7 Å². The Bertz CT molecular complexity index is 275. The van der Waals surface area contributed by atoms with Crippen molar-refractivity contribution in [1.29, 1.82) is 0 Å². The van der Waals surface area contributed by atoms with Crippen LogP contribution in [-0.2, 0) is 4.79 Å². The highest BCUT2D eigenvalue weighted by atomic mass is 16.3. The van der Waals surface area contributed by atoms with Gasteiger partial charge in [0.25, 0.3) is 0 Å². The summed E-state index contributed by atoms with van der Waals surface area (Å²) in [5.41, 5.74) is -0.594. The molecular formula is C12H23N3O2. The summed E-state index contributed by atoms with van der Waals surface area (Å²) in [6.07, 6.45) is 1.35. The van der Waals surface area contributed by atoms with Gasteiger partial charge < -0.3 is 20.6 Å². The first-order chi connectivity index (χ1) is 7.98. The molecule has 2 rings (SSSR count). The van der Waals surface area contributed by atoms with Gasteiger partial charge in [0.1, 0.15) is 0 Å². The lowest BCUT2D eigenvalue weighted by Gasteiger charge is -2.38. The van der Waals surface area contributed by atoms with E-state index in [1.165, 1.54) is 0 Å². The molecule has 2 atom stereocenters. The Morgan fingerprint density at radius 1 is 1.29 bits per heavy atom. The number of amides is 1. The Balaban J connectivity index is 1.84. The predicted molar refractivity (Wildman–Crippen MR) is 65.7 cm³/mol. The van der Waals surface area contributed by atoms with Gasteiger partial charge in [-0.2, -0.15) is 0 Å². The second-order valence-electron chi connectivity index (χ2n) is 5.59. The molecule has 0 aromatic heterocycles. The molecule has 1 amide bonds. The van der Waals surface area contributed by atoms with Gasteiger partial charge in [0, 0.05) is 32.2 Å². The number of hydrogen-bond acceptors (Lipinski definition) is 4. The Kier molecular flexibility index (Phi) is 3.70. The van der Waals surface area contributed by atoms with Gasteiger partial charge in [0.2, 0.25) is 5.91 Å². The molecule has 0 aliphatic carbocycles. The number of nitrogens with one attached hydrogen (secondary N) is 2. The maximum atomic E-state index is 12.2. The highest BCUT2D eigenvalue weighted by Gasteiger charge is 2.33. The van der Waals surface area contributed by atoms with E-state index in [-0.39, 0.29) is 11.9 Å². The molecule has 0 radical (unpaired) electrons. The molecule has 5 heteroatoms. The van der Waals surface area contributed by atoms with Crippen molar-refractivity contribution < 1.29 is 9.90 Å². The first-order valence-corrected chi connectivity index (χ1v) is 6.46. The van der Waals surface area contributed by atoms with Gasteiger partial charge >= 0.3 is 0 Å². The van der Waals surface area contributed by atoms with Crippen LogP contribution in [0.2, 0.25) is 0 Å². The van der Waals surface area contributed by atoms with Crippen molar-refractivity contribution in [3.05, 3.63) is 0 Å². The highest BCUT2D eigenvalue weighted by Crippen LogP contribution is 2.21. The number of aliphatic hydroxyl groups is 1. The van der Waals surface area contributed by atoms with Crippen molar-refractivity contribution in [2.75, 3.05) is 26.2 Å². The van der Waals surface area contributed by atoms with Gasteiger partial charge in [-0.3, -0.25) is 4.79 Å². The average Bonchev–Trinajstić information content (AvgIpc) is 2.29. The normalized spacial score (nSPS) is 33.5. The zero-order valence-corrected chi connectivity index (χ0v) is 10.7. The Morgan fingerprint density at radius 3 is 2.47 bits per heavy atom. The van der Waals surface area contributed by atoms with Crippen molar-refractivity contribution in [3.63, 3.8) is 0 Å². The third kappa shape index (κ3) is 3.18. The fourth-order valence-electron chi connectivity index (χ4n) is 2.39. The van der Waals surface area contributed by atoms with Crippen LogP contribution in [0.5, 0.6) is 0 Å². The van der Waals surface area contributed by atoms with Crippen LogP contribution in [0.3, 0.4) is 0 Å². The van der Waals surface area contributed by atoms with Gasteiger partial charge in [-0.15, -0.1) is 0 Å². The molecule has 0 spiro atoms. The minimum atomic E-state index is -0.594. The second kappa shape index (κ2) is 4.92. The summed E-state index contributed by atoms with van der Waals surface area (Å²) in [6.45, 7) is 6.82. The molecule has 0 saturated carbocycles. The van der Waals surface area contributed by atoms with Crippen molar-refractivity contribution in [1.82, 2.24) is 15.5 Å².